The first-order chi connectivity index (χ1) is 17.8. The Kier molecular flexibility index (Phi) is 7.78. The van der Waals surface area contributed by atoms with Gasteiger partial charge in [-0.05, 0) is 17.7 Å². The third kappa shape index (κ3) is 5.44. The zero-order valence-corrected chi connectivity index (χ0v) is 20.9. The lowest BCUT2D eigenvalue weighted by Gasteiger charge is -2.49. The molecule has 2 aliphatic heterocycles. The number of amides is 3. The number of β-lactam (4-membered cyclic amide) rings is 1. The molecule has 0 bridgehead atoms. The van der Waals surface area contributed by atoms with Crippen molar-refractivity contribution < 1.29 is 33.7 Å². The minimum atomic E-state index is -1.25. The van der Waals surface area contributed by atoms with Gasteiger partial charge in [0.05, 0.1) is 0 Å². The first-order valence-corrected chi connectivity index (χ1v) is 12.4. The molecule has 37 heavy (non-hydrogen) atoms. The average molecular weight is 546 g/mol. The van der Waals surface area contributed by atoms with E-state index in [9.17, 15) is 24.3 Å². The lowest BCUT2D eigenvalue weighted by Crippen LogP contribution is -2.71. The molecule has 192 valence electrons. The summed E-state index contributed by atoms with van der Waals surface area (Å²) in [5.41, 5.74) is 6.24. The van der Waals surface area contributed by atoms with Gasteiger partial charge in [-0.2, -0.15) is 13.9 Å². The number of aromatic nitrogens is 3. The summed E-state index contributed by atoms with van der Waals surface area (Å²) in [5, 5.41) is 18.1. The van der Waals surface area contributed by atoms with Crippen LogP contribution in [0.2, 0.25) is 0 Å². The minimum Gasteiger partial charge on any atom is -0.477 e. The number of aliphatic carboxylic acids is 1. The van der Waals surface area contributed by atoms with Gasteiger partial charge in [-0.25, -0.2) is 4.79 Å². The SMILES string of the molecule is CON=C(C(=O)NC1C(=O)N2C(C(=O)O)=C(C=CC[n+]3cccc(NC=O)c3)CS[C@H]12)c1nsc(N)n1. The highest BCUT2D eigenvalue weighted by atomic mass is 32.2. The van der Waals surface area contributed by atoms with E-state index in [-0.39, 0.29) is 22.4 Å². The number of nitrogen functional groups attached to an aromatic ring is 1. The molecule has 4 heterocycles. The molecule has 1 unspecified atom stereocenters. The summed E-state index contributed by atoms with van der Waals surface area (Å²) in [6, 6.07) is 2.52. The third-order valence-electron chi connectivity index (χ3n) is 5.26. The Labute approximate surface area is 218 Å². The molecule has 2 aromatic rings. The number of carboxylic acid groups (broad SMARTS) is 1. The molecule has 2 aromatic heterocycles. The second-order valence-corrected chi connectivity index (χ2v) is 9.46. The maximum absolute atomic E-state index is 12.9. The average Bonchev–Trinajstić information content (AvgIpc) is 3.31. The molecule has 1 saturated heterocycles. The fourth-order valence-corrected chi connectivity index (χ4v) is 5.45. The number of rotatable bonds is 10. The van der Waals surface area contributed by atoms with E-state index >= 15 is 0 Å². The van der Waals surface area contributed by atoms with Gasteiger partial charge in [0.1, 0.15) is 29.9 Å². The van der Waals surface area contributed by atoms with Crippen LogP contribution in [0.25, 0.3) is 0 Å². The normalized spacial score (nSPS) is 19.3. The molecule has 5 N–H and O–H groups in total. The van der Waals surface area contributed by atoms with Gasteiger partial charge in [0.2, 0.25) is 17.9 Å². The Morgan fingerprint density at radius 3 is 2.95 bits per heavy atom. The van der Waals surface area contributed by atoms with E-state index < -0.39 is 29.2 Å². The zero-order chi connectivity index (χ0) is 26.5. The van der Waals surface area contributed by atoms with Crippen LogP contribution >= 0.6 is 23.3 Å². The highest BCUT2D eigenvalue weighted by Gasteiger charge is 2.54. The van der Waals surface area contributed by atoms with Crippen LogP contribution in [0.15, 0.2) is 53.1 Å². The van der Waals surface area contributed by atoms with Crippen molar-refractivity contribution in [3.8, 4) is 0 Å². The summed E-state index contributed by atoms with van der Waals surface area (Å²) in [7, 11) is 1.24. The van der Waals surface area contributed by atoms with Gasteiger partial charge in [0, 0.05) is 23.4 Å². The second kappa shape index (κ2) is 11.2. The zero-order valence-electron chi connectivity index (χ0n) is 19.2. The largest absolute Gasteiger partial charge is 0.477 e. The minimum absolute atomic E-state index is 0.0503. The third-order valence-corrected chi connectivity index (χ3v) is 7.10. The van der Waals surface area contributed by atoms with Gasteiger partial charge >= 0.3 is 5.97 Å². The molecule has 2 atom stereocenters. The van der Waals surface area contributed by atoms with E-state index in [0.717, 1.165) is 16.4 Å². The van der Waals surface area contributed by atoms with Crippen molar-refractivity contribution in [1.29, 1.82) is 0 Å². The molecular weight excluding hydrogens is 524 g/mol. The van der Waals surface area contributed by atoms with Crippen LogP contribution in [-0.2, 0) is 30.6 Å². The van der Waals surface area contributed by atoms with Gasteiger partial charge in [0.25, 0.3) is 11.8 Å². The first-order valence-electron chi connectivity index (χ1n) is 10.6. The number of pyridine rings is 1. The molecule has 0 spiro atoms. The highest BCUT2D eigenvalue weighted by Crippen LogP contribution is 2.40. The Bertz CT molecular complexity index is 1340. The topological polar surface area (TPSA) is 193 Å². The number of thioether (sulfide) groups is 1. The van der Waals surface area contributed by atoms with Gasteiger partial charge in [-0.3, -0.25) is 19.3 Å². The number of nitrogens with zero attached hydrogens (tertiary/aromatic N) is 5. The highest BCUT2D eigenvalue weighted by molar-refractivity contribution is 8.00. The lowest BCUT2D eigenvalue weighted by molar-refractivity contribution is -0.686. The van der Waals surface area contributed by atoms with Gasteiger partial charge in [-0.1, -0.05) is 11.2 Å². The number of oxime groups is 1. The second-order valence-electron chi connectivity index (χ2n) is 7.57. The van der Waals surface area contributed by atoms with Crippen molar-refractivity contribution in [2.45, 2.75) is 18.0 Å². The molecular formula is C21H21N8O6S2+. The van der Waals surface area contributed by atoms with Crippen LogP contribution in [-0.4, -0.2) is 73.5 Å². The molecule has 0 saturated carbocycles. The molecule has 4 rings (SSSR count). The van der Waals surface area contributed by atoms with Crippen LogP contribution in [0.4, 0.5) is 10.8 Å². The molecule has 0 aromatic carbocycles. The van der Waals surface area contributed by atoms with Crippen LogP contribution in [0.3, 0.4) is 0 Å². The first kappa shape index (κ1) is 25.8. The maximum Gasteiger partial charge on any atom is 0.352 e. The van der Waals surface area contributed by atoms with Crippen molar-refractivity contribution in [3.05, 3.63) is 53.8 Å². The Hall–Kier alpha value is -4.31. The summed E-state index contributed by atoms with van der Waals surface area (Å²) < 4.78 is 5.74. The summed E-state index contributed by atoms with van der Waals surface area (Å²) in [4.78, 5) is 58.2. The maximum atomic E-state index is 12.9. The standard InChI is InChI=1S/C21H20N8O6S2/c1-35-26-13(16-25-21(22)37-27-16)17(31)24-14-18(32)29-15(20(33)34)11(9-36-19(14)29)4-2-6-28-7-3-5-12(8-28)23-10-30/h2-5,7-8,10,14,19H,6,9H2,1H3,(H4-,22,23,24,25,27,30,31,33,34)/p+1/t14?,19-/m1/s1. The molecule has 1 fully saturated rings. The predicted octanol–water partition coefficient (Wildman–Crippen LogP) is -0.678. The van der Waals surface area contributed by atoms with E-state index in [1.807, 2.05) is 0 Å². The summed E-state index contributed by atoms with van der Waals surface area (Å²) in [6.45, 7) is 0.405. The van der Waals surface area contributed by atoms with Crippen LogP contribution in [0.5, 0.6) is 0 Å². The number of hydrogen-bond acceptors (Lipinski definition) is 11. The summed E-state index contributed by atoms with van der Waals surface area (Å²) in [5.74, 6) is -2.33. The summed E-state index contributed by atoms with van der Waals surface area (Å²) >= 11 is 2.19. The number of carbonyl (C=O) groups excluding carboxylic acids is 3. The quantitative estimate of drug-likeness (QED) is 0.0977. The van der Waals surface area contributed by atoms with Crippen molar-refractivity contribution in [2.75, 3.05) is 23.9 Å². The van der Waals surface area contributed by atoms with Crippen LogP contribution in [0.1, 0.15) is 5.82 Å². The molecule has 0 aliphatic carbocycles. The van der Waals surface area contributed by atoms with E-state index in [1.165, 1.54) is 18.9 Å². The van der Waals surface area contributed by atoms with Gasteiger partial charge in [0.15, 0.2) is 24.1 Å². The number of carboxylic acids is 1. The molecule has 16 heteroatoms. The number of hydrogen-bond donors (Lipinski definition) is 4. The Morgan fingerprint density at radius 2 is 2.27 bits per heavy atom. The molecule has 0 radical (unpaired) electrons. The van der Waals surface area contributed by atoms with Crippen LogP contribution < -0.4 is 20.9 Å². The number of fused-ring (bicyclic) bond motifs is 1. The Morgan fingerprint density at radius 1 is 1.46 bits per heavy atom. The number of allylic oxidation sites excluding steroid dienone is 2. The summed E-state index contributed by atoms with van der Waals surface area (Å²) in [6.07, 6.45) is 7.50. The molecule has 2 aliphatic rings. The van der Waals surface area contributed by atoms with E-state index in [2.05, 4.69) is 25.1 Å². The number of nitrogens with two attached hydrogens (primary N) is 1. The van der Waals surface area contributed by atoms with E-state index in [0.29, 0.717) is 30.0 Å². The van der Waals surface area contributed by atoms with Gasteiger partial charge < -0.3 is 26.3 Å². The number of nitrogens with one attached hydrogen (secondary N) is 2. The van der Waals surface area contributed by atoms with Crippen molar-refractivity contribution in [2.24, 2.45) is 5.16 Å². The molecule has 14 nitrogen and oxygen atoms in total. The number of carbonyl (C=O) groups is 4. The molecule has 3 amide bonds. The van der Waals surface area contributed by atoms with Crippen molar-refractivity contribution in [3.63, 3.8) is 0 Å². The van der Waals surface area contributed by atoms with E-state index in [1.54, 1.807) is 41.2 Å². The number of anilines is 2. The fraction of sp³-hybridized carbons (Fsp3) is 0.238. The smallest absolute Gasteiger partial charge is 0.352 e. The van der Waals surface area contributed by atoms with Crippen LogP contribution in [0, 0.1) is 0 Å². The van der Waals surface area contributed by atoms with E-state index in [4.69, 9.17) is 10.6 Å². The predicted molar refractivity (Wildman–Crippen MR) is 133 cm³/mol. The Balaban J connectivity index is 1.48. The van der Waals surface area contributed by atoms with Gasteiger partial charge in [-0.15, -0.1) is 11.8 Å². The monoisotopic (exact) mass is 545 g/mol. The van der Waals surface area contributed by atoms with Crippen molar-refractivity contribution >= 4 is 64.0 Å². The fourth-order valence-electron chi connectivity index (χ4n) is 3.69. The van der Waals surface area contributed by atoms with Crippen molar-refractivity contribution in [1.82, 2.24) is 19.6 Å². The lowest BCUT2D eigenvalue weighted by atomic mass is 10.0.